The Labute approximate surface area is 103 Å². The lowest BCUT2D eigenvalue weighted by Gasteiger charge is -2.38. The molecule has 0 spiro atoms. The van der Waals surface area contributed by atoms with E-state index in [2.05, 4.69) is 10.1 Å². The van der Waals surface area contributed by atoms with Gasteiger partial charge < -0.3 is 15.7 Å². The van der Waals surface area contributed by atoms with Gasteiger partial charge in [-0.15, -0.1) is 0 Å². The Hall–Kier alpha value is -0.810. The molecule has 98 valence electrons. The molecule has 0 aromatic carbocycles. The number of methoxy groups -OCH3 is 1. The first kappa shape index (κ1) is 12.6. The quantitative estimate of drug-likeness (QED) is 0.331. The molecule has 1 aliphatic heterocycles. The van der Waals surface area contributed by atoms with Crippen molar-refractivity contribution >= 4 is 5.84 Å². The van der Waals surface area contributed by atoms with E-state index in [9.17, 15) is 0 Å². The Kier molecular flexibility index (Phi) is 3.89. The van der Waals surface area contributed by atoms with Crippen molar-refractivity contribution in [2.45, 2.75) is 25.7 Å². The van der Waals surface area contributed by atoms with Crippen molar-refractivity contribution in [3.05, 3.63) is 0 Å². The molecule has 0 bridgehead atoms. The molecular formula is C12H23N3O2. The fraction of sp³-hybridized carbons (Fsp3) is 0.917. The Bertz CT molecular complexity index is 291. The van der Waals surface area contributed by atoms with Crippen molar-refractivity contribution in [3.8, 4) is 0 Å². The molecule has 5 heteroatoms. The minimum Gasteiger partial charge on any atom is -0.409 e. The number of fused-ring (bicyclic) bond motifs is 1. The molecule has 1 aliphatic carbocycles. The Morgan fingerprint density at radius 2 is 2.41 bits per heavy atom. The zero-order valence-electron chi connectivity index (χ0n) is 10.6. The highest BCUT2D eigenvalue weighted by Crippen LogP contribution is 2.46. The van der Waals surface area contributed by atoms with E-state index in [-0.39, 0.29) is 0 Å². The summed E-state index contributed by atoms with van der Waals surface area (Å²) in [6.45, 7) is 3.48. The predicted molar refractivity (Wildman–Crippen MR) is 66.1 cm³/mol. The van der Waals surface area contributed by atoms with Gasteiger partial charge in [-0.3, -0.25) is 4.90 Å². The molecule has 3 N–H and O–H groups in total. The van der Waals surface area contributed by atoms with Gasteiger partial charge in [-0.1, -0.05) is 18.0 Å². The molecule has 2 fully saturated rings. The number of hydrogen-bond donors (Lipinski definition) is 2. The van der Waals surface area contributed by atoms with Gasteiger partial charge in [-0.25, -0.2) is 0 Å². The molecule has 1 heterocycles. The fourth-order valence-electron chi connectivity index (χ4n) is 3.60. The number of likely N-dealkylation sites (tertiary alicyclic amines) is 1. The molecule has 0 amide bonds. The van der Waals surface area contributed by atoms with Crippen LogP contribution in [0.5, 0.6) is 0 Å². The third-order valence-electron chi connectivity index (χ3n) is 4.31. The van der Waals surface area contributed by atoms with Gasteiger partial charge in [-0.2, -0.15) is 0 Å². The number of oxime groups is 1. The van der Waals surface area contributed by atoms with Crippen molar-refractivity contribution in [1.82, 2.24) is 4.90 Å². The summed E-state index contributed by atoms with van der Waals surface area (Å²) in [4.78, 5) is 2.30. The van der Waals surface area contributed by atoms with E-state index in [0.717, 1.165) is 19.7 Å². The summed E-state index contributed by atoms with van der Waals surface area (Å²) in [6.07, 6.45) is 5.17. The van der Waals surface area contributed by atoms with Gasteiger partial charge in [0.05, 0.1) is 13.2 Å². The van der Waals surface area contributed by atoms with E-state index in [0.29, 0.717) is 23.7 Å². The van der Waals surface area contributed by atoms with Gasteiger partial charge in [0, 0.05) is 25.6 Å². The van der Waals surface area contributed by atoms with Gasteiger partial charge in [0.25, 0.3) is 0 Å². The van der Waals surface area contributed by atoms with Gasteiger partial charge in [0.1, 0.15) is 0 Å². The first-order valence-electron chi connectivity index (χ1n) is 6.38. The molecule has 0 unspecified atom stereocenters. The maximum absolute atomic E-state index is 8.63. The Morgan fingerprint density at radius 3 is 3.12 bits per heavy atom. The van der Waals surface area contributed by atoms with Crippen molar-refractivity contribution in [1.29, 1.82) is 0 Å². The van der Waals surface area contributed by atoms with Crippen LogP contribution in [0.1, 0.15) is 25.7 Å². The molecule has 1 saturated heterocycles. The first-order valence-corrected chi connectivity index (χ1v) is 6.38. The van der Waals surface area contributed by atoms with E-state index < -0.39 is 0 Å². The van der Waals surface area contributed by atoms with E-state index in [1.807, 2.05) is 0 Å². The van der Waals surface area contributed by atoms with Crippen LogP contribution in [0.2, 0.25) is 0 Å². The average Bonchev–Trinajstić information content (AvgIpc) is 2.67. The second-order valence-corrected chi connectivity index (χ2v) is 5.50. The lowest BCUT2D eigenvalue weighted by molar-refractivity contribution is 0.0302. The van der Waals surface area contributed by atoms with Crippen molar-refractivity contribution in [2.75, 3.05) is 33.4 Å². The van der Waals surface area contributed by atoms with Gasteiger partial charge >= 0.3 is 0 Å². The summed E-state index contributed by atoms with van der Waals surface area (Å²) in [6, 6.07) is 0. The van der Waals surface area contributed by atoms with Crippen LogP contribution in [0.3, 0.4) is 0 Å². The van der Waals surface area contributed by atoms with E-state index >= 15 is 0 Å². The van der Waals surface area contributed by atoms with Crippen LogP contribution < -0.4 is 5.73 Å². The van der Waals surface area contributed by atoms with E-state index in [1.54, 1.807) is 7.11 Å². The highest BCUT2D eigenvalue weighted by Gasteiger charge is 2.47. The minimum atomic E-state index is 0.302. The van der Waals surface area contributed by atoms with Gasteiger partial charge in [0.15, 0.2) is 5.84 Å². The SMILES string of the molecule is COC[C@]12CCCC[C@H]1CN(CC(N)=NO)C2. The lowest BCUT2D eigenvalue weighted by Crippen LogP contribution is -2.38. The van der Waals surface area contributed by atoms with Crippen LogP contribution in [-0.2, 0) is 4.74 Å². The third kappa shape index (κ3) is 2.55. The molecule has 1 saturated carbocycles. The molecule has 5 nitrogen and oxygen atoms in total. The summed E-state index contributed by atoms with van der Waals surface area (Å²) >= 11 is 0. The molecule has 0 aromatic heterocycles. The first-order chi connectivity index (χ1) is 8.20. The molecule has 2 rings (SSSR count). The van der Waals surface area contributed by atoms with Crippen LogP contribution in [0.15, 0.2) is 5.16 Å². The normalized spacial score (nSPS) is 34.9. The van der Waals surface area contributed by atoms with Crippen molar-refractivity contribution in [2.24, 2.45) is 22.2 Å². The van der Waals surface area contributed by atoms with Crippen LogP contribution in [0.25, 0.3) is 0 Å². The number of ether oxygens (including phenoxy) is 1. The standard InChI is InChI=1S/C12H23N3O2/c1-17-9-12-5-3-2-4-10(12)6-15(8-12)7-11(13)14-16/h10,16H,2-9H2,1H3,(H2,13,14)/t10-,12+/m0/s1. The molecule has 2 atom stereocenters. The summed E-state index contributed by atoms with van der Waals surface area (Å²) in [7, 11) is 1.78. The largest absolute Gasteiger partial charge is 0.409 e. The van der Waals surface area contributed by atoms with E-state index in [4.69, 9.17) is 15.7 Å². The fourth-order valence-corrected chi connectivity index (χ4v) is 3.60. The van der Waals surface area contributed by atoms with Crippen molar-refractivity contribution < 1.29 is 9.94 Å². The highest BCUT2D eigenvalue weighted by atomic mass is 16.5. The number of hydrogen-bond acceptors (Lipinski definition) is 4. The van der Waals surface area contributed by atoms with Crippen LogP contribution >= 0.6 is 0 Å². The Morgan fingerprint density at radius 1 is 1.59 bits per heavy atom. The topological polar surface area (TPSA) is 71.1 Å². The number of nitrogens with two attached hydrogens (primary N) is 1. The van der Waals surface area contributed by atoms with Gasteiger partial charge in [-0.05, 0) is 18.8 Å². The van der Waals surface area contributed by atoms with Crippen LogP contribution in [0, 0.1) is 11.3 Å². The van der Waals surface area contributed by atoms with Crippen molar-refractivity contribution in [3.63, 3.8) is 0 Å². The van der Waals surface area contributed by atoms with Gasteiger partial charge in [0.2, 0.25) is 0 Å². The second-order valence-electron chi connectivity index (χ2n) is 5.50. The molecule has 0 aromatic rings. The average molecular weight is 241 g/mol. The molecule has 17 heavy (non-hydrogen) atoms. The second kappa shape index (κ2) is 5.23. The monoisotopic (exact) mass is 241 g/mol. The zero-order valence-corrected chi connectivity index (χ0v) is 10.6. The smallest absolute Gasteiger partial charge is 0.153 e. The van der Waals surface area contributed by atoms with Crippen LogP contribution in [-0.4, -0.2) is 49.3 Å². The number of nitrogens with zero attached hydrogens (tertiary/aromatic N) is 2. The third-order valence-corrected chi connectivity index (χ3v) is 4.31. The number of amidine groups is 1. The maximum Gasteiger partial charge on any atom is 0.153 e. The summed E-state index contributed by atoms with van der Waals surface area (Å²) in [5, 5.41) is 11.7. The van der Waals surface area contributed by atoms with Crippen LogP contribution in [0.4, 0.5) is 0 Å². The molecule has 0 radical (unpaired) electrons. The molecule has 2 aliphatic rings. The summed E-state index contributed by atoms with van der Waals surface area (Å²) in [5.41, 5.74) is 5.89. The maximum atomic E-state index is 8.63. The molecular weight excluding hydrogens is 218 g/mol. The highest BCUT2D eigenvalue weighted by molar-refractivity contribution is 5.81. The lowest BCUT2D eigenvalue weighted by atomic mass is 9.69. The minimum absolute atomic E-state index is 0.302. The number of rotatable bonds is 4. The zero-order chi connectivity index (χ0) is 12.3. The van der Waals surface area contributed by atoms with E-state index in [1.165, 1.54) is 25.7 Å². The summed E-state index contributed by atoms with van der Waals surface area (Å²) < 4.78 is 5.43. The Balaban J connectivity index is 2.03. The predicted octanol–water partition coefficient (Wildman–Crippen LogP) is 0.871. The summed E-state index contributed by atoms with van der Waals surface area (Å²) in [5.74, 6) is 1.01.